The van der Waals surface area contributed by atoms with Crippen molar-refractivity contribution in [3.8, 4) is 5.75 Å². The van der Waals surface area contributed by atoms with E-state index in [1.807, 2.05) is 61.8 Å². The largest absolute Gasteiger partial charge is 0.506 e. The van der Waals surface area contributed by atoms with Gasteiger partial charge in [0.05, 0.1) is 11.7 Å². The molecule has 4 nitrogen and oxygen atoms in total. The fourth-order valence-corrected chi connectivity index (χ4v) is 3.23. The summed E-state index contributed by atoms with van der Waals surface area (Å²) in [7, 11) is 0. The Balaban J connectivity index is 1.87. The van der Waals surface area contributed by atoms with Crippen LogP contribution < -0.4 is 0 Å². The van der Waals surface area contributed by atoms with E-state index in [9.17, 15) is 5.11 Å². The number of nitrogens with zero attached hydrogens (tertiary/aromatic N) is 3. The molecule has 0 amide bonds. The maximum atomic E-state index is 10.1. The molecule has 0 saturated heterocycles. The van der Waals surface area contributed by atoms with Gasteiger partial charge in [-0.1, -0.05) is 30.4 Å². The molecule has 0 fully saturated rings. The summed E-state index contributed by atoms with van der Waals surface area (Å²) in [4.78, 5) is 8.61. The Bertz CT molecular complexity index is 1140. The average molecular weight is 341 g/mol. The molecule has 0 aliphatic rings. The van der Waals surface area contributed by atoms with Gasteiger partial charge >= 0.3 is 0 Å². The number of aromatic nitrogens is 3. The monoisotopic (exact) mass is 341 g/mol. The van der Waals surface area contributed by atoms with Gasteiger partial charge < -0.3 is 9.67 Å². The van der Waals surface area contributed by atoms with Crippen molar-refractivity contribution in [2.45, 2.75) is 13.5 Å². The molecule has 0 spiro atoms. The van der Waals surface area contributed by atoms with Crippen LogP contribution >= 0.6 is 0 Å². The maximum Gasteiger partial charge on any atom is 0.141 e. The van der Waals surface area contributed by atoms with E-state index in [4.69, 9.17) is 0 Å². The van der Waals surface area contributed by atoms with E-state index in [1.54, 1.807) is 12.3 Å². The van der Waals surface area contributed by atoms with Gasteiger partial charge in [-0.3, -0.25) is 9.97 Å². The van der Waals surface area contributed by atoms with Crippen LogP contribution in [0.4, 0.5) is 0 Å². The molecule has 0 saturated carbocycles. The van der Waals surface area contributed by atoms with E-state index >= 15 is 0 Å². The first-order valence-electron chi connectivity index (χ1n) is 8.56. The number of phenolic OH excluding ortho intramolecular Hbond substituents is 1. The van der Waals surface area contributed by atoms with Crippen LogP contribution in [-0.2, 0) is 6.54 Å². The van der Waals surface area contributed by atoms with Crippen molar-refractivity contribution in [2.75, 3.05) is 0 Å². The van der Waals surface area contributed by atoms with Gasteiger partial charge in [0.2, 0.25) is 0 Å². The van der Waals surface area contributed by atoms with Crippen LogP contribution in [0.3, 0.4) is 0 Å². The molecule has 4 heteroatoms. The molecule has 0 bridgehead atoms. The molecule has 4 aromatic rings. The molecule has 4 rings (SSSR count). The van der Waals surface area contributed by atoms with Crippen molar-refractivity contribution in [3.05, 3.63) is 84.5 Å². The molecule has 0 radical (unpaired) electrons. The third-order valence-corrected chi connectivity index (χ3v) is 4.48. The number of benzene rings is 1. The van der Waals surface area contributed by atoms with Gasteiger partial charge in [-0.15, -0.1) is 0 Å². The fourth-order valence-electron chi connectivity index (χ4n) is 3.23. The molecule has 1 aromatic carbocycles. The van der Waals surface area contributed by atoms with Gasteiger partial charge in [-0.05, 0) is 42.8 Å². The first kappa shape index (κ1) is 16.1. The summed E-state index contributed by atoms with van der Waals surface area (Å²) in [5, 5.41) is 12.2. The number of pyridine rings is 2. The van der Waals surface area contributed by atoms with Gasteiger partial charge in [-0.2, -0.15) is 0 Å². The van der Waals surface area contributed by atoms with Crippen LogP contribution in [0.25, 0.3) is 27.9 Å². The van der Waals surface area contributed by atoms with E-state index in [0.717, 1.165) is 27.5 Å². The summed E-state index contributed by atoms with van der Waals surface area (Å²) in [5.74, 6) is 0.205. The SMILES string of the molecule is C/C=C\C=C/c1cc2ccncc2n1Cc1ccc(O)c2ncccc12. The number of allylic oxidation sites excluding steroid dienone is 3. The number of fused-ring (bicyclic) bond motifs is 2. The highest BCUT2D eigenvalue weighted by atomic mass is 16.3. The van der Waals surface area contributed by atoms with Crippen molar-refractivity contribution in [3.63, 3.8) is 0 Å². The smallest absolute Gasteiger partial charge is 0.141 e. The van der Waals surface area contributed by atoms with E-state index in [0.29, 0.717) is 12.1 Å². The quantitative estimate of drug-likeness (QED) is 0.536. The summed E-state index contributed by atoms with van der Waals surface area (Å²) in [6, 6.07) is 11.8. The Kier molecular flexibility index (Phi) is 4.23. The minimum atomic E-state index is 0.205. The highest BCUT2D eigenvalue weighted by Crippen LogP contribution is 2.28. The van der Waals surface area contributed by atoms with Crippen molar-refractivity contribution in [2.24, 2.45) is 0 Å². The number of aromatic hydroxyl groups is 1. The van der Waals surface area contributed by atoms with Crippen molar-refractivity contribution in [1.82, 2.24) is 14.5 Å². The molecule has 3 aromatic heterocycles. The van der Waals surface area contributed by atoms with E-state index in [2.05, 4.69) is 26.7 Å². The second-order valence-corrected chi connectivity index (χ2v) is 6.12. The van der Waals surface area contributed by atoms with Crippen LogP contribution in [0, 0.1) is 0 Å². The van der Waals surface area contributed by atoms with Crippen LogP contribution in [0.15, 0.2) is 73.2 Å². The Morgan fingerprint density at radius 3 is 2.92 bits per heavy atom. The highest BCUT2D eigenvalue weighted by Gasteiger charge is 2.11. The van der Waals surface area contributed by atoms with Gasteiger partial charge in [0, 0.05) is 35.4 Å². The van der Waals surface area contributed by atoms with Gasteiger partial charge in [-0.25, -0.2) is 0 Å². The lowest BCUT2D eigenvalue weighted by Gasteiger charge is -2.12. The molecule has 128 valence electrons. The number of rotatable bonds is 4. The highest BCUT2D eigenvalue weighted by molar-refractivity contribution is 5.88. The Labute approximate surface area is 151 Å². The molecule has 0 unspecified atom stereocenters. The minimum absolute atomic E-state index is 0.205. The molecule has 0 aliphatic carbocycles. The molecular formula is C22H19N3O. The first-order valence-corrected chi connectivity index (χ1v) is 8.56. The average Bonchev–Trinajstić information content (AvgIpc) is 3.02. The van der Waals surface area contributed by atoms with Gasteiger partial charge in [0.25, 0.3) is 0 Å². The van der Waals surface area contributed by atoms with Crippen molar-refractivity contribution < 1.29 is 5.11 Å². The summed E-state index contributed by atoms with van der Waals surface area (Å²) >= 11 is 0. The zero-order valence-electron chi connectivity index (χ0n) is 14.5. The summed E-state index contributed by atoms with van der Waals surface area (Å²) in [5.41, 5.74) is 3.92. The van der Waals surface area contributed by atoms with Crippen LogP contribution in [0.1, 0.15) is 18.2 Å². The lowest BCUT2D eigenvalue weighted by molar-refractivity contribution is 0.480. The zero-order chi connectivity index (χ0) is 17.9. The first-order chi connectivity index (χ1) is 12.8. The van der Waals surface area contributed by atoms with E-state index < -0.39 is 0 Å². The van der Waals surface area contributed by atoms with Crippen LogP contribution in [-0.4, -0.2) is 19.6 Å². The van der Waals surface area contributed by atoms with Crippen LogP contribution in [0.2, 0.25) is 0 Å². The predicted molar refractivity (Wildman–Crippen MR) is 106 cm³/mol. The molecule has 0 aliphatic heterocycles. The van der Waals surface area contributed by atoms with E-state index in [1.165, 1.54) is 0 Å². The van der Waals surface area contributed by atoms with Crippen LogP contribution in [0.5, 0.6) is 5.75 Å². The third-order valence-electron chi connectivity index (χ3n) is 4.48. The van der Waals surface area contributed by atoms with Gasteiger partial charge in [0.15, 0.2) is 0 Å². The summed E-state index contributed by atoms with van der Waals surface area (Å²) in [6.45, 7) is 2.67. The van der Waals surface area contributed by atoms with Gasteiger partial charge in [0.1, 0.15) is 11.3 Å². The topological polar surface area (TPSA) is 50.9 Å². The Morgan fingerprint density at radius 2 is 2.04 bits per heavy atom. The number of phenols is 1. The summed E-state index contributed by atoms with van der Waals surface area (Å²) in [6.07, 6.45) is 13.6. The number of hydrogen-bond acceptors (Lipinski definition) is 3. The second-order valence-electron chi connectivity index (χ2n) is 6.12. The molecular weight excluding hydrogens is 322 g/mol. The molecule has 0 atom stereocenters. The van der Waals surface area contributed by atoms with Crippen molar-refractivity contribution >= 4 is 27.9 Å². The lowest BCUT2D eigenvalue weighted by atomic mass is 10.1. The Hall–Kier alpha value is -3.40. The maximum absolute atomic E-state index is 10.1. The number of hydrogen-bond donors (Lipinski definition) is 1. The van der Waals surface area contributed by atoms with Crippen molar-refractivity contribution in [1.29, 1.82) is 0 Å². The molecule has 26 heavy (non-hydrogen) atoms. The second kappa shape index (κ2) is 6.84. The van der Waals surface area contributed by atoms with E-state index in [-0.39, 0.29) is 5.75 Å². The minimum Gasteiger partial charge on any atom is -0.506 e. The zero-order valence-corrected chi connectivity index (χ0v) is 14.5. The standard InChI is InChI=1S/C22H19N3O/c1-2-3-4-6-18-13-16-10-12-23-14-20(16)25(18)15-17-8-9-21(26)22-19(17)7-5-11-24-22/h2-14,26H,15H2,1H3/b3-2-,6-4-. The predicted octanol–water partition coefficient (Wildman–Crippen LogP) is 4.93. The lowest BCUT2D eigenvalue weighted by Crippen LogP contribution is -2.02. The Morgan fingerprint density at radius 1 is 1.12 bits per heavy atom. The normalized spacial score (nSPS) is 12.0. The summed E-state index contributed by atoms with van der Waals surface area (Å²) < 4.78 is 2.24. The molecule has 3 heterocycles. The fraction of sp³-hybridized carbons (Fsp3) is 0.0909. The molecule has 1 N–H and O–H groups in total. The third kappa shape index (κ3) is 2.86.